The number of carbonyl (C=O) groups excluding carboxylic acids is 1. The Kier molecular flexibility index (Phi) is 6.28. The van der Waals surface area contributed by atoms with Crippen LogP contribution < -0.4 is 10.1 Å². The number of nitrogens with zero attached hydrogens (tertiary/aromatic N) is 1. The van der Waals surface area contributed by atoms with E-state index in [-0.39, 0.29) is 16.7 Å². The third kappa shape index (κ3) is 4.86. The molecule has 0 radical (unpaired) electrons. The van der Waals surface area contributed by atoms with Crippen molar-refractivity contribution >= 4 is 63.8 Å². The van der Waals surface area contributed by atoms with Crippen molar-refractivity contribution in [1.82, 2.24) is 5.32 Å². The van der Waals surface area contributed by atoms with Crippen molar-refractivity contribution in [2.75, 3.05) is 6.61 Å². The van der Waals surface area contributed by atoms with E-state index in [4.69, 9.17) is 33.0 Å². The normalized spacial score (nSPS) is 16.5. The van der Waals surface area contributed by atoms with Crippen LogP contribution in [0, 0.1) is 6.92 Å². The zero-order chi connectivity index (χ0) is 20.3. The first-order chi connectivity index (χ1) is 13.3. The molecule has 2 N–H and O–H groups in total. The first-order valence-electron chi connectivity index (χ1n) is 8.02. The number of aliphatic imine (C=N–C) groups is 1. The number of amides is 1. The van der Waals surface area contributed by atoms with Gasteiger partial charge in [-0.25, -0.2) is 9.79 Å². The van der Waals surface area contributed by atoms with Crippen molar-refractivity contribution in [2.24, 2.45) is 4.99 Å². The van der Waals surface area contributed by atoms with E-state index in [9.17, 15) is 9.59 Å². The van der Waals surface area contributed by atoms with E-state index in [1.807, 2.05) is 13.0 Å². The van der Waals surface area contributed by atoms with Crippen LogP contribution in [0.25, 0.3) is 6.08 Å². The Hall–Kier alpha value is -2.48. The quantitative estimate of drug-likeness (QED) is 0.665. The number of nitrogens with one attached hydrogen (secondary N) is 1. The molecule has 1 aliphatic rings. The van der Waals surface area contributed by atoms with Crippen molar-refractivity contribution in [3.63, 3.8) is 0 Å². The van der Waals surface area contributed by atoms with Crippen LogP contribution in [-0.2, 0) is 9.59 Å². The molecule has 1 saturated heterocycles. The summed E-state index contributed by atoms with van der Waals surface area (Å²) in [6.45, 7) is 1.37. The number of carbonyl (C=O) groups is 2. The summed E-state index contributed by atoms with van der Waals surface area (Å²) < 4.78 is 5.08. The van der Waals surface area contributed by atoms with E-state index >= 15 is 0 Å². The van der Waals surface area contributed by atoms with Crippen LogP contribution >= 0.6 is 35.0 Å². The highest BCUT2D eigenvalue weighted by Crippen LogP contribution is 2.32. The fourth-order valence-corrected chi connectivity index (χ4v) is 3.57. The van der Waals surface area contributed by atoms with Gasteiger partial charge in [-0.2, -0.15) is 0 Å². The van der Waals surface area contributed by atoms with Gasteiger partial charge in [0.15, 0.2) is 11.8 Å². The van der Waals surface area contributed by atoms with Crippen molar-refractivity contribution < 1.29 is 19.4 Å². The lowest BCUT2D eigenvalue weighted by atomic mass is 10.2. The summed E-state index contributed by atoms with van der Waals surface area (Å²) in [5.41, 5.74) is 2.18. The number of hydrogen-bond acceptors (Lipinski definition) is 5. The molecule has 0 saturated carbocycles. The number of benzene rings is 2. The number of halogens is 2. The Balaban J connectivity index is 1.79. The zero-order valence-electron chi connectivity index (χ0n) is 14.5. The number of rotatable bonds is 5. The predicted octanol–water partition coefficient (Wildman–Crippen LogP) is 4.66. The molecule has 0 unspecified atom stereocenters. The van der Waals surface area contributed by atoms with Crippen molar-refractivity contribution in [3.8, 4) is 5.75 Å². The Morgan fingerprint density at radius 1 is 1.29 bits per heavy atom. The Morgan fingerprint density at radius 2 is 2.07 bits per heavy atom. The lowest BCUT2D eigenvalue weighted by molar-refractivity contribution is -0.139. The van der Waals surface area contributed by atoms with Gasteiger partial charge in [0, 0.05) is 5.02 Å². The fraction of sp³-hybridized carbons (Fsp3) is 0.105. The van der Waals surface area contributed by atoms with E-state index in [0.717, 1.165) is 5.56 Å². The monoisotopic (exact) mass is 436 g/mol. The Labute approximate surface area is 175 Å². The highest BCUT2D eigenvalue weighted by atomic mass is 35.5. The fourth-order valence-electron chi connectivity index (χ4n) is 2.32. The summed E-state index contributed by atoms with van der Waals surface area (Å²) in [6, 6.07) is 10.2. The van der Waals surface area contributed by atoms with E-state index in [1.165, 1.54) is 11.8 Å². The zero-order valence-corrected chi connectivity index (χ0v) is 16.9. The highest BCUT2D eigenvalue weighted by molar-refractivity contribution is 8.18. The number of carboxylic acids is 1. The molecule has 144 valence electrons. The molecular formula is C19H14Cl2N2O4S. The second-order valence-electron chi connectivity index (χ2n) is 5.74. The maximum absolute atomic E-state index is 12.2. The van der Waals surface area contributed by atoms with Gasteiger partial charge in [0.2, 0.25) is 0 Å². The van der Waals surface area contributed by atoms with Gasteiger partial charge in [-0.05, 0) is 60.2 Å². The Morgan fingerprint density at radius 3 is 2.79 bits per heavy atom. The number of aliphatic carboxylic acids is 1. The van der Waals surface area contributed by atoms with Gasteiger partial charge in [0.05, 0.1) is 15.6 Å². The van der Waals surface area contributed by atoms with Gasteiger partial charge in [0.1, 0.15) is 5.75 Å². The van der Waals surface area contributed by atoms with Gasteiger partial charge in [0.25, 0.3) is 5.91 Å². The average Bonchev–Trinajstić information content (AvgIpc) is 2.97. The number of thioether (sulfide) groups is 1. The maximum Gasteiger partial charge on any atom is 0.341 e. The molecule has 3 rings (SSSR count). The molecule has 0 bridgehead atoms. The molecule has 9 heteroatoms. The third-order valence-corrected chi connectivity index (χ3v) is 5.33. The molecule has 0 aromatic heterocycles. The molecule has 2 aromatic rings. The van der Waals surface area contributed by atoms with Crippen molar-refractivity contribution in [2.45, 2.75) is 6.92 Å². The minimum absolute atomic E-state index is 0.252. The Bertz CT molecular complexity index is 1020. The third-order valence-electron chi connectivity index (χ3n) is 3.72. The summed E-state index contributed by atoms with van der Waals surface area (Å²) in [5, 5.41) is 12.7. The van der Waals surface area contributed by atoms with Crippen LogP contribution in [0.2, 0.25) is 10.0 Å². The second kappa shape index (κ2) is 8.68. The van der Waals surface area contributed by atoms with Gasteiger partial charge in [-0.3, -0.25) is 4.79 Å². The van der Waals surface area contributed by atoms with E-state index in [1.54, 1.807) is 36.4 Å². The first-order valence-corrected chi connectivity index (χ1v) is 9.59. The molecule has 1 heterocycles. The number of ether oxygens (including phenoxy) is 1. The molecule has 1 fully saturated rings. The molecule has 0 spiro atoms. The highest BCUT2D eigenvalue weighted by Gasteiger charge is 2.24. The number of amidine groups is 1. The van der Waals surface area contributed by atoms with Gasteiger partial charge in [-0.1, -0.05) is 35.3 Å². The van der Waals surface area contributed by atoms with Crippen molar-refractivity contribution in [1.29, 1.82) is 0 Å². The molecular weight excluding hydrogens is 423 g/mol. The van der Waals surface area contributed by atoms with Gasteiger partial charge in [-0.15, -0.1) is 0 Å². The van der Waals surface area contributed by atoms with Crippen LogP contribution in [0.4, 0.5) is 5.69 Å². The van der Waals surface area contributed by atoms with Crippen LogP contribution in [-0.4, -0.2) is 28.8 Å². The van der Waals surface area contributed by atoms with Crippen LogP contribution in [0.15, 0.2) is 46.3 Å². The lowest BCUT2D eigenvalue weighted by Crippen LogP contribution is -2.19. The largest absolute Gasteiger partial charge is 0.480 e. The molecule has 0 atom stereocenters. The summed E-state index contributed by atoms with van der Waals surface area (Å²) >= 11 is 13.4. The van der Waals surface area contributed by atoms with Crippen LogP contribution in [0.3, 0.4) is 0 Å². The smallest absolute Gasteiger partial charge is 0.341 e. The van der Waals surface area contributed by atoms with Crippen LogP contribution in [0.5, 0.6) is 5.75 Å². The van der Waals surface area contributed by atoms with Gasteiger partial charge < -0.3 is 15.2 Å². The average molecular weight is 437 g/mol. The summed E-state index contributed by atoms with van der Waals surface area (Å²) in [7, 11) is 0. The summed E-state index contributed by atoms with van der Waals surface area (Å²) in [4.78, 5) is 27.7. The standard InChI is InChI=1S/C19H14Cl2N2O4S/c1-10-12(20)3-2-4-14(10)22-19-23-18(26)16(28-19)8-11-5-6-15(13(21)7-11)27-9-17(24)25/h2-8H,9H2,1H3,(H,24,25)(H,22,23,26). The molecule has 28 heavy (non-hydrogen) atoms. The SMILES string of the molecule is Cc1c(Cl)cccc1N=C1NC(=O)C(=Cc2ccc(OCC(=O)O)c(Cl)c2)S1. The van der Waals surface area contributed by atoms with Crippen LogP contribution in [0.1, 0.15) is 11.1 Å². The molecule has 1 aliphatic heterocycles. The molecule has 6 nitrogen and oxygen atoms in total. The van der Waals surface area contributed by atoms with Crippen molar-refractivity contribution in [3.05, 3.63) is 62.5 Å². The minimum atomic E-state index is -1.09. The number of hydrogen-bond donors (Lipinski definition) is 2. The molecule has 1 amide bonds. The topological polar surface area (TPSA) is 88.0 Å². The van der Waals surface area contributed by atoms with E-state index in [0.29, 0.717) is 26.3 Å². The second-order valence-corrected chi connectivity index (χ2v) is 7.58. The summed E-state index contributed by atoms with van der Waals surface area (Å²) in [5.74, 6) is -1.11. The summed E-state index contributed by atoms with van der Waals surface area (Å²) in [6.07, 6.45) is 1.67. The predicted molar refractivity (Wildman–Crippen MR) is 112 cm³/mol. The lowest BCUT2D eigenvalue weighted by Gasteiger charge is -2.06. The minimum Gasteiger partial charge on any atom is -0.480 e. The van der Waals surface area contributed by atoms with Gasteiger partial charge >= 0.3 is 5.97 Å². The first kappa shape index (κ1) is 20.3. The van der Waals surface area contributed by atoms with E-state index in [2.05, 4.69) is 10.3 Å². The molecule has 2 aromatic carbocycles. The molecule has 0 aliphatic carbocycles. The maximum atomic E-state index is 12.2. The van der Waals surface area contributed by atoms with E-state index < -0.39 is 12.6 Å². The number of carboxylic acid groups (broad SMARTS) is 1.